The number of phenolic OH excluding ortho intramolecular Hbond substituents is 1. The Balaban J connectivity index is 1.82. The first-order valence-electron chi connectivity index (χ1n) is 10.2. The topological polar surface area (TPSA) is 94.3 Å². The number of nitrogens with one attached hydrogen (secondary N) is 1. The highest BCUT2D eigenvalue weighted by atomic mass is 32.1. The second-order valence-electron chi connectivity index (χ2n) is 7.10. The third-order valence-electron chi connectivity index (χ3n) is 5.10. The number of aromatic nitrogens is 1. The Labute approximate surface area is 200 Å². The van der Waals surface area contributed by atoms with E-state index in [1.165, 1.54) is 35.6 Å². The van der Waals surface area contributed by atoms with Crippen molar-refractivity contribution in [1.29, 1.82) is 0 Å². The van der Waals surface area contributed by atoms with Crippen molar-refractivity contribution >= 4 is 17.2 Å². The van der Waals surface area contributed by atoms with Crippen LogP contribution in [-0.2, 0) is 0 Å². The number of ether oxygens (including phenoxy) is 3. The highest BCUT2D eigenvalue weighted by Gasteiger charge is 2.16. The number of benzene rings is 3. The normalized spacial score (nSPS) is 11.2. The molecule has 1 aromatic heterocycles. The number of phenols is 1. The molecule has 0 aliphatic rings. The molecule has 1 amide bonds. The van der Waals surface area contributed by atoms with E-state index in [-0.39, 0.29) is 5.75 Å². The van der Waals surface area contributed by atoms with Crippen molar-refractivity contribution in [3.8, 4) is 39.9 Å². The quantitative estimate of drug-likeness (QED) is 0.390. The molecule has 4 aromatic rings. The van der Waals surface area contributed by atoms with Crippen molar-refractivity contribution in [2.75, 3.05) is 21.3 Å². The fraction of sp³-hybridized carbons (Fsp3) is 0.120. The molecule has 0 unspecified atom stereocenters. The molecule has 0 bridgehead atoms. The van der Waals surface area contributed by atoms with Crippen LogP contribution in [0.2, 0.25) is 0 Å². The molecule has 0 aliphatic carbocycles. The van der Waals surface area contributed by atoms with E-state index in [2.05, 4.69) is 10.5 Å². The molecule has 34 heavy (non-hydrogen) atoms. The zero-order valence-electron chi connectivity index (χ0n) is 18.8. The summed E-state index contributed by atoms with van der Waals surface area (Å²) >= 11 is 1.37. The number of amides is 1. The molecule has 2 N–H and O–H groups in total. The largest absolute Gasteiger partial charge is 0.508 e. The van der Waals surface area contributed by atoms with E-state index in [9.17, 15) is 9.90 Å². The fourth-order valence-corrected chi connectivity index (χ4v) is 4.19. The summed E-state index contributed by atoms with van der Waals surface area (Å²) in [5, 5.41) is 15.8. The monoisotopic (exact) mass is 477 g/mol. The summed E-state index contributed by atoms with van der Waals surface area (Å²) in [5.41, 5.74) is 5.49. The summed E-state index contributed by atoms with van der Waals surface area (Å²) in [6, 6.07) is 19.1. The molecule has 0 saturated carbocycles. The highest BCUT2D eigenvalue weighted by molar-refractivity contribution is 7.07. The molecule has 3 aromatic carbocycles. The lowest BCUT2D eigenvalue weighted by molar-refractivity contribution is 0.0953. The molecule has 0 aliphatic heterocycles. The Morgan fingerprint density at radius 3 is 2.24 bits per heavy atom. The summed E-state index contributed by atoms with van der Waals surface area (Å²) in [4.78, 5) is 13.1. The first-order chi connectivity index (χ1) is 16.5. The van der Waals surface area contributed by atoms with Crippen LogP contribution in [0.5, 0.6) is 23.0 Å². The number of nitrogens with zero attached hydrogens (tertiary/aromatic N) is 2. The third-order valence-corrected chi connectivity index (χ3v) is 5.93. The lowest BCUT2D eigenvalue weighted by Crippen LogP contribution is -2.24. The lowest BCUT2D eigenvalue weighted by Gasteiger charge is -2.14. The predicted octanol–water partition coefficient (Wildman–Crippen LogP) is 4.18. The van der Waals surface area contributed by atoms with Crippen molar-refractivity contribution in [3.63, 3.8) is 0 Å². The van der Waals surface area contributed by atoms with Crippen LogP contribution in [0.3, 0.4) is 0 Å². The van der Waals surface area contributed by atoms with Crippen LogP contribution in [0.4, 0.5) is 0 Å². The maximum Gasteiger partial charge on any atom is 0.271 e. The maximum absolute atomic E-state index is 12.6. The zero-order valence-corrected chi connectivity index (χ0v) is 19.6. The fourth-order valence-electron chi connectivity index (χ4n) is 3.33. The number of hydrogen-bond acceptors (Lipinski definition) is 7. The van der Waals surface area contributed by atoms with Gasteiger partial charge in [0.15, 0.2) is 0 Å². The molecule has 0 radical (unpaired) electrons. The number of thiazole rings is 1. The van der Waals surface area contributed by atoms with Crippen LogP contribution in [0.1, 0.15) is 10.4 Å². The van der Waals surface area contributed by atoms with Gasteiger partial charge >= 0.3 is 0 Å². The second kappa shape index (κ2) is 10.1. The van der Waals surface area contributed by atoms with Gasteiger partial charge in [-0.15, -0.1) is 16.4 Å². The molecule has 0 fully saturated rings. The van der Waals surface area contributed by atoms with E-state index < -0.39 is 5.91 Å². The van der Waals surface area contributed by atoms with Crippen LogP contribution in [-0.4, -0.2) is 36.9 Å². The standard InChI is InChI=1S/C25H23N3O5S/c1-31-19-10-6-16(7-11-19)22-15-34-25(27-26-24(30)17-4-8-18(29)9-5-17)28(22)21-13-12-20(32-2)14-23(21)33-3/h4-15,29H,1-3H3,(H,26,30)/b27-25-. The lowest BCUT2D eigenvalue weighted by atomic mass is 10.1. The van der Waals surface area contributed by atoms with E-state index in [1.807, 2.05) is 46.3 Å². The van der Waals surface area contributed by atoms with E-state index in [4.69, 9.17) is 14.2 Å². The third kappa shape index (κ3) is 4.74. The Bertz CT molecular complexity index is 1360. The van der Waals surface area contributed by atoms with Crippen molar-refractivity contribution in [2.45, 2.75) is 0 Å². The second-order valence-corrected chi connectivity index (χ2v) is 7.94. The molecule has 1 heterocycles. The minimum Gasteiger partial charge on any atom is -0.508 e. The van der Waals surface area contributed by atoms with Gasteiger partial charge in [0.05, 0.1) is 32.7 Å². The molecule has 0 spiro atoms. The maximum atomic E-state index is 12.6. The highest BCUT2D eigenvalue weighted by Crippen LogP contribution is 2.32. The van der Waals surface area contributed by atoms with Gasteiger partial charge in [-0.2, -0.15) is 0 Å². The van der Waals surface area contributed by atoms with Gasteiger partial charge in [0.25, 0.3) is 5.91 Å². The van der Waals surface area contributed by atoms with Gasteiger partial charge in [0.2, 0.25) is 4.80 Å². The Kier molecular flexibility index (Phi) is 6.84. The van der Waals surface area contributed by atoms with Gasteiger partial charge in [-0.1, -0.05) is 0 Å². The average Bonchev–Trinajstić information content (AvgIpc) is 3.30. The number of carbonyl (C=O) groups is 1. The molecule has 174 valence electrons. The predicted molar refractivity (Wildman–Crippen MR) is 130 cm³/mol. The summed E-state index contributed by atoms with van der Waals surface area (Å²) in [7, 11) is 4.80. The van der Waals surface area contributed by atoms with Gasteiger partial charge in [0.1, 0.15) is 23.0 Å². The minimum atomic E-state index is -0.396. The average molecular weight is 478 g/mol. The number of hydrogen-bond donors (Lipinski definition) is 2. The molecular weight excluding hydrogens is 454 g/mol. The van der Waals surface area contributed by atoms with Crippen LogP contribution in [0, 0.1) is 0 Å². The number of rotatable bonds is 7. The number of carbonyl (C=O) groups excluding carboxylic acids is 1. The van der Waals surface area contributed by atoms with Gasteiger partial charge in [0, 0.05) is 17.0 Å². The Morgan fingerprint density at radius 2 is 1.59 bits per heavy atom. The Hall–Kier alpha value is -4.24. The molecule has 0 saturated heterocycles. The van der Waals surface area contributed by atoms with Gasteiger partial charge in [-0.3, -0.25) is 9.36 Å². The summed E-state index contributed by atoms with van der Waals surface area (Å²) in [6.07, 6.45) is 0. The van der Waals surface area contributed by atoms with Crippen molar-refractivity contribution in [1.82, 2.24) is 9.99 Å². The van der Waals surface area contributed by atoms with Gasteiger partial charge in [-0.05, 0) is 66.2 Å². The summed E-state index contributed by atoms with van der Waals surface area (Å²) in [5.74, 6) is 1.67. The smallest absolute Gasteiger partial charge is 0.271 e. The number of methoxy groups -OCH3 is 3. The van der Waals surface area contributed by atoms with Crippen molar-refractivity contribution < 1.29 is 24.1 Å². The van der Waals surface area contributed by atoms with E-state index >= 15 is 0 Å². The van der Waals surface area contributed by atoms with Crippen LogP contribution in [0.25, 0.3) is 16.9 Å². The molecule has 4 rings (SSSR count). The molecule has 8 nitrogen and oxygen atoms in total. The van der Waals surface area contributed by atoms with Crippen molar-refractivity contribution in [3.05, 3.63) is 82.5 Å². The first-order valence-corrected chi connectivity index (χ1v) is 11.1. The van der Waals surface area contributed by atoms with Crippen LogP contribution >= 0.6 is 11.3 Å². The SMILES string of the molecule is COc1ccc(-c2cs/c(=N\NC(=O)c3ccc(O)cc3)n2-c2ccc(OC)cc2OC)cc1. The number of aromatic hydroxyl groups is 1. The molecule has 0 atom stereocenters. The minimum absolute atomic E-state index is 0.0836. The van der Waals surface area contributed by atoms with Gasteiger partial charge in [-0.25, -0.2) is 5.43 Å². The molecular formula is C25H23N3O5S. The Morgan fingerprint density at radius 1 is 0.912 bits per heavy atom. The van der Waals surface area contributed by atoms with Crippen LogP contribution < -0.4 is 24.4 Å². The van der Waals surface area contributed by atoms with Gasteiger partial charge < -0.3 is 19.3 Å². The first kappa shape index (κ1) is 22.9. The summed E-state index contributed by atoms with van der Waals surface area (Å²) < 4.78 is 18.2. The van der Waals surface area contributed by atoms with Crippen LogP contribution in [0.15, 0.2) is 77.2 Å². The van der Waals surface area contributed by atoms with Crippen molar-refractivity contribution in [2.24, 2.45) is 5.10 Å². The van der Waals surface area contributed by atoms with E-state index in [0.717, 1.165) is 22.7 Å². The molecule has 9 heteroatoms. The van der Waals surface area contributed by atoms with E-state index in [1.54, 1.807) is 27.4 Å². The van der Waals surface area contributed by atoms with E-state index in [0.29, 0.717) is 21.9 Å². The zero-order chi connectivity index (χ0) is 24.1. The summed E-state index contributed by atoms with van der Waals surface area (Å²) in [6.45, 7) is 0.